The fraction of sp³-hybridized carbons (Fsp3) is 0.875. The van der Waals surface area contributed by atoms with Crippen molar-refractivity contribution in [2.24, 2.45) is 0 Å². The van der Waals surface area contributed by atoms with Crippen LogP contribution in [0, 0.1) is 0 Å². The molecule has 0 atom stereocenters. The van der Waals surface area contributed by atoms with Crippen molar-refractivity contribution in [1.82, 2.24) is 15.1 Å². The van der Waals surface area contributed by atoms with Crippen molar-refractivity contribution in [1.29, 1.82) is 0 Å². The monoisotopic (exact) mass is 343 g/mol. The molecular formula is C16H31N4O4+. The molecule has 8 heteroatoms. The maximum Gasteiger partial charge on any atom is 0.359 e. The molecule has 3 aliphatic rings. The summed E-state index contributed by atoms with van der Waals surface area (Å²) < 4.78 is 0.693. The van der Waals surface area contributed by atoms with Gasteiger partial charge in [0.15, 0.2) is 6.54 Å². The normalized spacial score (nSPS) is 30.6. The maximum atomic E-state index is 11.3. The highest BCUT2D eigenvalue weighted by atomic mass is 16.4. The van der Waals surface area contributed by atoms with Gasteiger partial charge in [-0.1, -0.05) is 0 Å². The Morgan fingerprint density at radius 2 is 1.62 bits per heavy atom. The van der Waals surface area contributed by atoms with E-state index < -0.39 is 11.9 Å². The molecule has 0 aromatic rings. The summed E-state index contributed by atoms with van der Waals surface area (Å²) >= 11 is 0. The lowest BCUT2D eigenvalue weighted by Gasteiger charge is -2.44. The van der Waals surface area contributed by atoms with Gasteiger partial charge in [-0.3, -0.25) is 14.6 Å². The molecule has 24 heavy (non-hydrogen) atoms. The summed E-state index contributed by atoms with van der Waals surface area (Å²) in [6, 6.07) is 0. The molecule has 0 saturated carbocycles. The Hall–Kier alpha value is -1.22. The Labute approximate surface area is 143 Å². The third-order valence-corrected chi connectivity index (χ3v) is 5.15. The van der Waals surface area contributed by atoms with Crippen molar-refractivity contribution in [3.63, 3.8) is 0 Å². The van der Waals surface area contributed by atoms with Crippen LogP contribution in [0.15, 0.2) is 0 Å². The molecule has 0 amide bonds. The van der Waals surface area contributed by atoms with Gasteiger partial charge in [0.05, 0.1) is 26.2 Å². The zero-order valence-electron chi connectivity index (χ0n) is 14.5. The molecule has 0 aromatic heterocycles. The van der Waals surface area contributed by atoms with E-state index in [0.29, 0.717) is 4.48 Å². The average Bonchev–Trinajstić information content (AvgIpc) is 2.51. The number of carbonyl (C=O) groups is 2. The van der Waals surface area contributed by atoms with Gasteiger partial charge in [0.25, 0.3) is 0 Å². The first-order chi connectivity index (χ1) is 11.5. The van der Waals surface area contributed by atoms with Gasteiger partial charge in [-0.05, 0) is 13.0 Å². The minimum atomic E-state index is -0.773. The van der Waals surface area contributed by atoms with Crippen molar-refractivity contribution in [3.05, 3.63) is 0 Å². The number of fused-ring (bicyclic) bond motifs is 11. The topological polar surface area (TPSA) is 93.1 Å². The Balaban J connectivity index is 1.92. The van der Waals surface area contributed by atoms with Crippen molar-refractivity contribution in [2.75, 3.05) is 78.5 Å². The number of carboxylic acid groups (broad SMARTS) is 2. The highest BCUT2D eigenvalue weighted by Gasteiger charge is 2.34. The Morgan fingerprint density at radius 3 is 2.29 bits per heavy atom. The van der Waals surface area contributed by atoms with Gasteiger partial charge in [0.1, 0.15) is 0 Å². The smallest absolute Gasteiger partial charge is 0.359 e. The number of quaternary nitrogens is 1. The maximum absolute atomic E-state index is 11.3. The van der Waals surface area contributed by atoms with Crippen molar-refractivity contribution >= 4 is 11.9 Å². The number of hydrogen-bond acceptors (Lipinski definition) is 5. The molecule has 3 saturated heterocycles. The number of nitrogens with one attached hydrogen (secondary N) is 1. The molecule has 0 aliphatic carbocycles. The standard InChI is InChI=1S/C16H30N4O4/c21-15(22)13-19-6-2-5-18-8-11-20(12-9-18,14-16(23)24)10-1-3-17-4-7-19/h17H,1-14H2,(H-,21,22,23,24)/p+1. The summed E-state index contributed by atoms with van der Waals surface area (Å²) in [6.45, 7) is 8.97. The molecule has 0 radical (unpaired) electrons. The highest BCUT2D eigenvalue weighted by molar-refractivity contribution is 5.69. The van der Waals surface area contributed by atoms with Gasteiger partial charge >= 0.3 is 11.9 Å². The zero-order chi connectivity index (χ0) is 17.4. The lowest BCUT2D eigenvalue weighted by molar-refractivity contribution is -0.925. The van der Waals surface area contributed by atoms with E-state index in [1.165, 1.54) is 0 Å². The fourth-order valence-corrected chi connectivity index (χ4v) is 3.78. The second-order valence-electron chi connectivity index (χ2n) is 7.03. The Kier molecular flexibility index (Phi) is 7.41. The summed E-state index contributed by atoms with van der Waals surface area (Å²) in [6.07, 6.45) is 1.90. The first kappa shape index (κ1) is 19.1. The van der Waals surface area contributed by atoms with E-state index in [2.05, 4.69) is 10.2 Å². The summed E-state index contributed by atoms with van der Waals surface area (Å²) in [5, 5.41) is 21.6. The Morgan fingerprint density at radius 1 is 0.875 bits per heavy atom. The second-order valence-corrected chi connectivity index (χ2v) is 7.03. The fourth-order valence-electron chi connectivity index (χ4n) is 3.78. The molecule has 0 unspecified atom stereocenters. The van der Waals surface area contributed by atoms with E-state index in [-0.39, 0.29) is 13.1 Å². The molecule has 3 aliphatic heterocycles. The molecule has 8 nitrogen and oxygen atoms in total. The van der Waals surface area contributed by atoms with E-state index >= 15 is 0 Å². The summed E-state index contributed by atoms with van der Waals surface area (Å²) in [7, 11) is 0. The molecule has 3 fully saturated rings. The zero-order valence-corrected chi connectivity index (χ0v) is 14.5. The van der Waals surface area contributed by atoms with Crippen LogP contribution in [0.3, 0.4) is 0 Å². The first-order valence-electron chi connectivity index (χ1n) is 8.93. The van der Waals surface area contributed by atoms with Crippen LogP contribution in [0.2, 0.25) is 0 Å². The lowest BCUT2D eigenvalue weighted by atomic mass is 10.2. The molecule has 3 heterocycles. The van der Waals surface area contributed by atoms with Crippen LogP contribution >= 0.6 is 0 Å². The molecule has 3 rings (SSSR count). The lowest BCUT2D eigenvalue weighted by Crippen LogP contribution is -2.62. The van der Waals surface area contributed by atoms with Crippen LogP contribution in [0.25, 0.3) is 0 Å². The van der Waals surface area contributed by atoms with Gasteiger partial charge in [-0.25, -0.2) is 4.79 Å². The summed E-state index contributed by atoms with van der Waals surface area (Å²) in [5.41, 5.74) is 0. The van der Waals surface area contributed by atoms with E-state index in [4.69, 9.17) is 5.11 Å². The van der Waals surface area contributed by atoms with Crippen LogP contribution in [-0.4, -0.2) is 115 Å². The number of aliphatic carboxylic acids is 2. The summed E-state index contributed by atoms with van der Waals surface area (Å²) in [5.74, 6) is -1.48. The minimum absolute atomic E-state index is 0.0975. The Bertz CT molecular complexity index is 419. The predicted octanol–water partition coefficient (Wildman–Crippen LogP) is -1.03. The van der Waals surface area contributed by atoms with Gasteiger partial charge < -0.3 is 20.0 Å². The number of carboxylic acids is 2. The van der Waals surface area contributed by atoms with Crippen molar-refractivity contribution < 1.29 is 24.3 Å². The number of piperazine rings is 1. The van der Waals surface area contributed by atoms with E-state index in [0.717, 1.165) is 78.3 Å². The highest BCUT2D eigenvalue weighted by Crippen LogP contribution is 2.15. The van der Waals surface area contributed by atoms with E-state index in [1.807, 2.05) is 4.90 Å². The van der Waals surface area contributed by atoms with Crippen LogP contribution in [-0.2, 0) is 9.59 Å². The quantitative estimate of drug-likeness (QED) is 0.562. The molecule has 138 valence electrons. The molecular weight excluding hydrogens is 312 g/mol. The largest absolute Gasteiger partial charge is 0.480 e. The van der Waals surface area contributed by atoms with Gasteiger partial charge in [-0.15, -0.1) is 0 Å². The van der Waals surface area contributed by atoms with Crippen LogP contribution in [0.1, 0.15) is 12.8 Å². The van der Waals surface area contributed by atoms with Crippen molar-refractivity contribution in [3.8, 4) is 0 Å². The third kappa shape index (κ3) is 6.35. The molecule has 3 N–H and O–H groups in total. The van der Waals surface area contributed by atoms with E-state index in [1.54, 1.807) is 0 Å². The number of nitrogens with zero attached hydrogens (tertiary/aromatic N) is 3. The predicted molar refractivity (Wildman–Crippen MR) is 90.0 cm³/mol. The summed E-state index contributed by atoms with van der Waals surface area (Å²) in [4.78, 5) is 26.6. The molecule has 2 bridgehead atoms. The third-order valence-electron chi connectivity index (χ3n) is 5.15. The number of hydrogen-bond donors (Lipinski definition) is 3. The molecule has 0 aromatic carbocycles. The van der Waals surface area contributed by atoms with Gasteiger partial charge in [0.2, 0.25) is 0 Å². The SMILES string of the molecule is O=C(O)CN1CCCN2CC[N+](CC(=O)O)(CCCNCC1)CC2. The van der Waals surface area contributed by atoms with Gasteiger partial charge in [0, 0.05) is 45.7 Å². The van der Waals surface area contributed by atoms with Gasteiger partial charge in [-0.2, -0.15) is 0 Å². The van der Waals surface area contributed by atoms with Crippen molar-refractivity contribution in [2.45, 2.75) is 12.8 Å². The number of rotatable bonds is 4. The minimum Gasteiger partial charge on any atom is -0.480 e. The first-order valence-corrected chi connectivity index (χ1v) is 8.93. The van der Waals surface area contributed by atoms with Crippen LogP contribution in [0.5, 0.6) is 0 Å². The molecule has 0 spiro atoms. The average molecular weight is 343 g/mol. The van der Waals surface area contributed by atoms with Crippen LogP contribution < -0.4 is 5.32 Å². The second kappa shape index (κ2) is 9.31. The van der Waals surface area contributed by atoms with E-state index in [9.17, 15) is 14.7 Å². The van der Waals surface area contributed by atoms with Crippen LogP contribution in [0.4, 0.5) is 0 Å².